The maximum atomic E-state index is 12.1. The van der Waals surface area contributed by atoms with Crippen molar-refractivity contribution in [1.29, 1.82) is 5.26 Å². The molecule has 250 valence electrons. The van der Waals surface area contributed by atoms with Crippen molar-refractivity contribution < 1.29 is 34.3 Å². The van der Waals surface area contributed by atoms with E-state index in [4.69, 9.17) is 24.2 Å². The van der Waals surface area contributed by atoms with Crippen molar-refractivity contribution in [1.82, 2.24) is 28.4 Å². The average Bonchev–Trinajstić information content (AvgIpc) is 3.86. The molecule has 2 fully saturated rings. The first kappa shape index (κ1) is 32.7. The average molecular weight is 651 g/mol. The highest BCUT2D eigenvalue weighted by Gasteiger charge is 2.46. The number of aliphatic hydroxyl groups is 3. The van der Waals surface area contributed by atoms with Gasteiger partial charge in [-0.3, -0.25) is 18.5 Å². The molecule has 4 aromatic rings. The van der Waals surface area contributed by atoms with Gasteiger partial charge in [0.1, 0.15) is 24.2 Å². The monoisotopic (exact) mass is 650 g/mol. The maximum Gasteiger partial charge on any atom is 0.308 e. The minimum atomic E-state index is -2.81. The lowest BCUT2D eigenvalue weighted by Crippen LogP contribution is -2.50. The number of nitriles is 1. The van der Waals surface area contributed by atoms with Crippen molar-refractivity contribution in [3.05, 3.63) is 59.5 Å². The fraction of sp³-hybridized carbons (Fsp3) is 0.516. The molecule has 3 N–H and O–H groups in total. The van der Waals surface area contributed by atoms with E-state index < -0.39 is 36.9 Å². The third-order valence-corrected chi connectivity index (χ3v) is 8.38. The molecule has 4 aromatic heterocycles. The topological polar surface area (TPSA) is 194 Å². The zero-order valence-corrected chi connectivity index (χ0v) is 26.1. The van der Waals surface area contributed by atoms with E-state index in [9.17, 15) is 20.1 Å². The van der Waals surface area contributed by atoms with Crippen molar-refractivity contribution in [2.75, 3.05) is 27.3 Å². The van der Waals surface area contributed by atoms with Crippen LogP contribution in [0.3, 0.4) is 0 Å². The molecule has 47 heavy (non-hydrogen) atoms. The maximum absolute atomic E-state index is 12.1. The quantitative estimate of drug-likeness (QED) is 0.0821. The van der Waals surface area contributed by atoms with Gasteiger partial charge in [0.05, 0.1) is 43.8 Å². The molecule has 0 bridgehead atoms. The second-order valence-corrected chi connectivity index (χ2v) is 11.8. The normalized spacial score (nSPS) is 24.0. The highest BCUT2D eigenvalue weighted by atomic mass is 16.8. The van der Waals surface area contributed by atoms with E-state index in [-0.39, 0.29) is 37.5 Å². The predicted molar refractivity (Wildman–Crippen MR) is 166 cm³/mol. The molecule has 0 amide bonds. The summed E-state index contributed by atoms with van der Waals surface area (Å²) < 4.78 is 28.7. The standard InChI is InChI=1S/C31H38N8O8/c1-36(2)19-35-22-6-10-33-29-21(22)7-12-38(29)27-17-20(23(18-40)45-27)16-24(44-15-3-9-32)31(42,43)47-28-5-4-26(46-28)39-13-8-25(41)37-14-11-34-30(37)39/h6-8,10-14,19-20,23-24,26-28,40,42-43H,3-5,15-18H2,1-2H3/t20-,23+,24?,26+,27+,28?/m0/s1. The van der Waals surface area contributed by atoms with Crippen LogP contribution in [0.5, 0.6) is 0 Å². The molecule has 16 heteroatoms. The van der Waals surface area contributed by atoms with E-state index in [2.05, 4.69) is 15.0 Å². The van der Waals surface area contributed by atoms with Gasteiger partial charge in [0.2, 0.25) is 5.78 Å². The zero-order chi connectivity index (χ0) is 33.1. The summed E-state index contributed by atoms with van der Waals surface area (Å²) in [7, 11) is 3.77. The summed E-state index contributed by atoms with van der Waals surface area (Å²) in [5, 5.41) is 42.6. The Morgan fingerprint density at radius 2 is 1.98 bits per heavy atom. The first-order valence-electron chi connectivity index (χ1n) is 15.4. The number of ether oxygens (including phenoxy) is 4. The smallest absolute Gasteiger partial charge is 0.308 e. The van der Waals surface area contributed by atoms with E-state index in [1.807, 2.05) is 48.0 Å². The van der Waals surface area contributed by atoms with Gasteiger partial charge in [0, 0.05) is 63.0 Å². The largest absolute Gasteiger partial charge is 0.394 e. The molecular weight excluding hydrogens is 612 g/mol. The summed E-state index contributed by atoms with van der Waals surface area (Å²) in [4.78, 5) is 27.3. The molecule has 6 atom stereocenters. The van der Waals surface area contributed by atoms with Crippen molar-refractivity contribution in [3.8, 4) is 6.07 Å². The number of imidazole rings is 1. The number of rotatable bonds is 13. The van der Waals surface area contributed by atoms with Crippen molar-refractivity contribution in [3.63, 3.8) is 0 Å². The van der Waals surface area contributed by atoms with Crippen molar-refractivity contribution >= 4 is 28.8 Å². The lowest BCUT2D eigenvalue weighted by atomic mass is 9.93. The second kappa shape index (κ2) is 13.9. The second-order valence-electron chi connectivity index (χ2n) is 11.8. The first-order chi connectivity index (χ1) is 22.7. The van der Waals surface area contributed by atoms with Crippen LogP contribution >= 0.6 is 0 Å². The number of aliphatic hydroxyl groups excluding tert-OH is 1. The zero-order valence-electron chi connectivity index (χ0n) is 26.1. The van der Waals surface area contributed by atoms with E-state index in [1.165, 1.54) is 16.7 Å². The summed E-state index contributed by atoms with van der Waals surface area (Å²) in [5.41, 5.74) is 1.17. The van der Waals surface area contributed by atoms with E-state index in [0.29, 0.717) is 30.7 Å². The van der Waals surface area contributed by atoms with Gasteiger partial charge in [-0.1, -0.05) is 0 Å². The third kappa shape index (κ3) is 6.92. The van der Waals surface area contributed by atoms with Gasteiger partial charge in [-0.25, -0.2) is 15.0 Å². The Morgan fingerprint density at radius 1 is 1.15 bits per heavy atom. The van der Waals surface area contributed by atoms with Crippen LogP contribution in [-0.4, -0.2) is 102 Å². The molecule has 0 spiro atoms. The van der Waals surface area contributed by atoms with Crippen LogP contribution in [0, 0.1) is 17.2 Å². The molecular formula is C31H38N8O8. The van der Waals surface area contributed by atoms with Gasteiger partial charge in [-0.15, -0.1) is 0 Å². The van der Waals surface area contributed by atoms with Crippen LogP contribution in [0.2, 0.25) is 0 Å². The van der Waals surface area contributed by atoms with E-state index in [0.717, 1.165) is 11.1 Å². The molecule has 2 aliphatic rings. The molecule has 16 nitrogen and oxygen atoms in total. The fourth-order valence-corrected chi connectivity index (χ4v) is 6.14. The molecule has 0 radical (unpaired) electrons. The lowest BCUT2D eigenvalue weighted by Gasteiger charge is -2.34. The number of aromatic nitrogens is 5. The third-order valence-electron chi connectivity index (χ3n) is 8.38. The predicted octanol–water partition coefficient (Wildman–Crippen LogP) is 1.64. The minimum absolute atomic E-state index is 0.0220. The molecule has 6 rings (SSSR count). The number of hydrogen-bond acceptors (Lipinski definition) is 12. The van der Waals surface area contributed by atoms with Gasteiger partial charge >= 0.3 is 5.97 Å². The summed E-state index contributed by atoms with van der Waals surface area (Å²) >= 11 is 0. The van der Waals surface area contributed by atoms with E-state index in [1.54, 1.807) is 29.5 Å². The van der Waals surface area contributed by atoms with Crippen LogP contribution in [-0.2, 0) is 18.9 Å². The highest BCUT2D eigenvalue weighted by molar-refractivity contribution is 5.89. The molecule has 0 aromatic carbocycles. The molecule has 2 aliphatic heterocycles. The molecule has 2 saturated heterocycles. The summed E-state index contributed by atoms with van der Waals surface area (Å²) in [6.07, 6.45) is 7.07. The SMILES string of the molecule is CN(C)C=Nc1ccnc2c1ccn2[C@H]1C[C@H](CC(OCCC#N)C(O)(O)OC2CC[C@H](n3ccc(=O)n4ccnc34)O2)[C@@H](CO)O1. The van der Waals surface area contributed by atoms with Gasteiger partial charge in [0.25, 0.3) is 5.56 Å². The van der Waals surface area contributed by atoms with E-state index >= 15 is 0 Å². The number of nitrogens with zero attached hydrogens (tertiary/aromatic N) is 8. The van der Waals surface area contributed by atoms with Crippen LogP contribution in [0.25, 0.3) is 16.8 Å². The van der Waals surface area contributed by atoms with Crippen molar-refractivity contribution in [2.24, 2.45) is 10.9 Å². The lowest BCUT2D eigenvalue weighted by molar-refractivity contribution is -0.421. The highest BCUT2D eigenvalue weighted by Crippen LogP contribution is 2.41. The fourth-order valence-electron chi connectivity index (χ4n) is 6.14. The Balaban J connectivity index is 1.17. The Kier molecular flexibility index (Phi) is 9.66. The molecule has 2 unspecified atom stereocenters. The summed E-state index contributed by atoms with van der Waals surface area (Å²) in [6.45, 7) is -0.378. The van der Waals surface area contributed by atoms with Crippen LogP contribution < -0.4 is 5.56 Å². The van der Waals surface area contributed by atoms with Gasteiger partial charge in [-0.05, 0) is 37.3 Å². The summed E-state index contributed by atoms with van der Waals surface area (Å²) in [6, 6.07) is 7.11. The Labute approximate surface area is 269 Å². The van der Waals surface area contributed by atoms with Crippen LogP contribution in [0.4, 0.5) is 5.69 Å². The number of hydrogen-bond donors (Lipinski definition) is 3. The molecule has 0 aliphatic carbocycles. The minimum Gasteiger partial charge on any atom is -0.394 e. The molecule has 0 saturated carbocycles. The number of aliphatic imine (C=N–C) groups is 1. The Hall–Kier alpha value is -4.21. The Morgan fingerprint density at radius 3 is 2.77 bits per heavy atom. The van der Waals surface area contributed by atoms with Gasteiger partial charge in [-0.2, -0.15) is 5.26 Å². The van der Waals surface area contributed by atoms with Crippen LogP contribution in [0.1, 0.15) is 44.6 Å². The number of pyridine rings is 1. The van der Waals surface area contributed by atoms with Gasteiger partial charge in [0.15, 0.2) is 6.29 Å². The van der Waals surface area contributed by atoms with Crippen molar-refractivity contribution in [2.45, 2.75) is 69.0 Å². The summed E-state index contributed by atoms with van der Waals surface area (Å²) in [5.74, 6) is -2.80. The van der Waals surface area contributed by atoms with Crippen LogP contribution in [0.15, 0.2) is 59.0 Å². The first-order valence-corrected chi connectivity index (χ1v) is 15.4. The molecule has 6 heterocycles. The Bertz CT molecular complexity index is 1810. The van der Waals surface area contributed by atoms with Gasteiger partial charge < -0.3 is 39.0 Å². The number of fused-ring (bicyclic) bond motifs is 2.